The fraction of sp³-hybridized carbons (Fsp3) is 0.526. The molecular formula is C19H25ClFN7O2. The highest BCUT2D eigenvalue weighted by Gasteiger charge is 2.35. The number of halogens is 2. The van der Waals surface area contributed by atoms with Crippen molar-refractivity contribution < 1.29 is 13.9 Å². The van der Waals surface area contributed by atoms with Crippen molar-refractivity contribution in [3.8, 4) is 5.88 Å². The predicted molar refractivity (Wildman–Crippen MR) is 114 cm³/mol. The number of piperidine rings is 1. The lowest BCUT2D eigenvalue weighted by Gasteiger charge is -2.41. The van der Waals surface area contributed by atoms with Crippen molar-refractivity contribution in [2.75, 3.05) is 38.2 Å². The summed E-state index contributed by atoms with van der Waals surface area (Å²) < 4.78 is 25.5. The van der Waals surface area contributed by atoms with Crippen LogP contribution < -0.4 is 15.8 Å². The summed E-state index contributed by atoms with van der Waals surface area (Å²) in [4.78, 5) is 18.3. The number of ether oxygens (including phenoxy) is 2. The Morgan fingerprint density at radius 1 is 1.53 bits per heavy atom. The van der Waals surface area contributed by atoms with Crippen LogP contribution in [0.25, 0.3) is 11.0 Å². The first-order valence-corrected chi connectivity index (χ1v) is 10.3. The smallest absolute Gasteiger partial charge is 0.232 e. The topological polar surface area (TPSA) is 114 Å². The molecule has 0 bridgehead atoms. The molecule has 4 rings (SSSR count). The number of nitrogens with two attached hydrogens (primary N) is 1. The highest BCUT2D eigenvalue weighted by molar-refractivity contribution is 6.69. The van der Waals surface area contributed by atoms with Crippen molar-refractivity contribution in [3.05, 3.63) is 24.2 Å². The largest absolute Gasteiger partial charge is 0.477 e. The van der Waals surface area contributed by atoms with Gasteiger partial charge in [0.2, 0.25) is 11.8 Å². The molecule has 0 amide bonds. The third-order valence-corrected chi connectivity index (χ3v) is 5.55. The molecule has 0 radical (unpaired) electrons. The van der Waals surface area contributed by atoms with E-state index in [2.05, 4.69) is 30.2 Å². The van der Waals surface area contributed by atoms with Crippen LogP contribution in [0.15, 0.2) is 29.2 Å². The number of aliphatic imine (C=N–C) groups is 1. The number of nitrogens with zero attached hydrogens (tertiary/aromatic N) is 4. The van der Waals surface area contributed by atoms with Crippen LogP contribution in [0, 0.1) is 0 Å². The molecule has 11 heteroatoms. The lowest BCUT2D eigenvalue weighted by molar-refractivity contribution is -0.0801. The molecule has 30 heavy (non-hydrogen) atoms. The van der Waals surface area contributed by atoms with E-state index in [1.54, 1.807) is 6.20 Å². The van der Waals surface area contributed by atoms with Gasteiger partial charge >= 0.3 is 0 Å². The molecule has 9 nitrogen and oxygen atoms in total. The average molecular weight is 438 g/mol. The van der Waals surface area contributed by atoms with Gasteiger partial charge in [-0.15, -0.1) is 0 Å². The Morgan fingerprint density at radius 2 is 2.37 bits per heavy atom. The zero-order valence-corrected chi connectivity index (χ0v) is 17.4. The summed E-state index contributed by atoms with van der Waals surface area (Å²) in [6, 6.07) is 1.61. The summed E-state index contributed by atoms with van der Waals surface area (Å²) in [6.07, 6.45) is 2.49. The van der Waals surface area contributed by atoms with E-state index in [0.29, 0.717) is 56.1 Å². The Hall–Kier alpha value is -2.43. The molecule has 2 saturated heterocycles. The average Bonchev–Trinajstić information content (AvgIpc) is 3.16. The lowest BCUT2D eigenvalue weighted by Crippen LogP contribution is -2.55. The van der Waals surface area contributed by atoms with Gasteiger partial charge in [-0.1, -0.05) is 11.6 Å². The summed E-state index contributed by atoms with van der Waals surface area (Å²) in [5, 5.41) is 3.81. The van der Waals surface area contributed by atoms with Gasteiger partial charge in [0.05, 0.1) is 43.0 Å². The van der Waals surface area contributed by atoms with Crippen LogP contribution in [-0.2, 0) is 4.74 Å². The second-order valence-corrected chi connectivity index (χ2v) is 7.57. The quantitative estimate of drug-likeness (QED) is 0.568. The van der Waals surface area contributed by atoms with E-state index in [1.807, 2.05) is 13.0 Å². The molecule has 0 aliphatic carbocycles. The Kier molecular flexibility index (Phi) is 6.35. The fourth-order valence-corrected chi connectivity index (χ4v) is 3.78. The number of nitrogens with one attached hydrogen (secondary N) is 2. The molecule has 2 aliphatic rings. The van der Waals surface area contributed by atoms with Gasteiger partial charge in [0, 0.05) is 25.5 Å². The molecule has 0 saturated carbocycles. The predicted octanol–water partition coefficient (Wildman–Crippen LogP) is 2.02. The van der Waals surface area contributed by atoms with Crippen molar-refractivity contribution in [1.29, 1.82) is 0 Å². The normalized spacial score (nSPS) is 24.1. The zero-order valence-electron chi connectivity index (χ0n) is 16.6. The first-order valence-electron chi connectivity index (χ1n) is 9.95. The maximum Gasteiger partial charge on any atom is 0.232 e. The van der Waals surface area contributed by atoms with E-state index in [9.17, 15) is 4.39 Å². The number of fused-ring (bicyclic) bond motifs is 1. The number of H-pyrrole nitrogens is 1. The molecular weight excluding hydrogens is 413 g/mol. The molecule has 0 spiro atoms. The van der Waals surface area contributed by atoms with Crippen LogP contribution in [0.5, 0.6) is 5.88 Å². The van der Waals surface area contributed by atoms with Gasteiger partial charge in [0.25, 0.3) is 0 Å². The second-order valence-electron chi connectivity index (χ2n) is 7.21. The van der Waals surface area contributed by atoms with Crippen LogP contribution >= 0.6 is 11.6 Å². The number of hydrogen-bond acceptors (Lipinski definition) is 8. The highest BCUT2D eigenvalue weighted by atomic mass is 35.5. The standard InChI is InChI=1S/C19H25ClFN7O2/c1-2-30-18-12-3-5-23-17(12)26-19(27-18)25-15(7-22)16(20)24-14-4-6-28(8-13(14)21)11-9-29-10-11/h3,5,7,11,13-14H,2,4,6,8-10,22H2,1H3,(H2,23,25,26,27). The summed E-state index contributed by atoms with van der Waals surface area (Å²) in [5.41, 5.74) is 6.64. The van der Waals surface area contributed by atoms with Crippen LogP contribution in [0.1, 0.15) is 13.3 Å². The van der Waals surface area contributed by atoms with Gasteiger partial charge in [-0.3, -0.25) is 9.89 Å². The first-order chi connectivity index (χ1) is 14.6. The van der Waals surface area contributed by atoms with Gasteiger partial charge in [0.1, 0.15) is 17.0 Å². The van der Waals surface area contributed by atoms with Crippen molar-refractivity contribution in [2.45, 2.75) is 31.6 Å². The monoisotopic (exact) mass is 437 g/mol. The molecule has 4 N–H and O–H groups in total. The van der Waals surface area contributed by atoms with E-state index < -0.39 is 12.2 Å². The Bertz CT molecular complexity index is 946. The number of rotatable bonds is 7. The summed E-state index contributed by atoms with van der Waals surface area (Å²) in [6.45, 7) is 4.75. The number of alkyl halides is 1. The molecule has 2 fully saturated rings. The minimum absolute atomic E-state index is 0.0821. The summed E-state index contributed by atoms with van der Waals surface area (Å²) in [7, 11) is 0. The Balaban J connectivity index is 1.46. The van der Waals surface area contributed by atoms with E-state index in [4.69, 9.17) is 26.8 Å². The number of aromatic nitrogens is 3. The minimum atomic E-state index is -1.11. The Morgan fingerprint density at radius 3 is 3.03 bits per heavy atom. The van der Waals surface area contributed by atoms with Crippen molar-refractivity contribution >= 4 is 33.8 Å². The third kappa shape index (κ3) is 4.35. The van der Waals surface area contributed by atoms with Gasteiger partial charge in [-0.05, 0) is 19.4 Å². The first kappa shape index (κ1) is 20.8. The highest BCUT2D eigenvalue weighted by Crippen LogP contribution is 2.25. The number of anilines is 1. The van der Waals surface area contributed by atoms with Crippen molar-refractivity contribution in [3.63, 3.8) is 0 Å². The summed E-state index contributed by atoms with van der Waals surface area (Å²) in [5.74, 6) is 0.682. The van der Waals surface area contributed by atoms with E-state index >= 15 is 0 Å². The molecule has 2 aromatic rings. The number of likely N-dealkylation sites (tertiary alicyclic amines) is 1. The third-order valence-electron chi connectivity index (χ3n) is 5.25. The second kappa shape index (κ2) is 9.15. The van der Waals surface area contributed by atoms with Crippen molar-refractivity contribution in [1.82, 2.24) is 19.9 Å². The fourth-order valence-electron chi connectivity index (χ4n) is 3.54. The number of hydrogen-bond donors (Lipinski definition) is 3. The van der Waals surface area contributed by atoms with Gasteiger partial charge in [-0.2, -0.15) is 9.97 Å². The molecule has 2 aromatic heterocycles. The number of allylic oxidation sites excluding steroid dienone is 1. The Labute approximate surface area is 178 Å². The van der Waals surface area contributed by atoms with Crippen LogP contribution in [-0.4, -0.2) is 76.2 Å². The lowest BCUT2D eigenvalue weighted by atomic mass is 10.0. The van der Waals surface area contributed by atoms with Crippen LogP contribution in [0.2, 0.25) is 0 Å². The van der Waals surface area contributed by atoms with Gasteiger partial charge in [-0.25, -0.2) is 4.39 Å². The summed E-state index contributed by atoms with van der Waals surface area (Å²) >= 11 is 6.38. The van der Waals surface area contributed by atoms with Gasteiger partial charge < -0.3 is 25.5 Å². The zero-order chi connectivity index (χ0) is 21.1. The van der Waals surface area contributed by atoms with E-state index in [-0.39, 0.29) is 11.1 Å². The van der Waals surface area contributed by atoms with Crippen LogP contribution in [0.4, 0.5) is 10.3 Å². The minimum Gasteiger partial charge on any atom is -0.477 e. The number of aromatic amines is 1. The molecule has 2 atom stereocenters. The van der Waals surface area contributed by atoms with Crippen LogP contribution in [0.3, 0.4) is 0 Å². The SMILES string of the molecule is CCOc1nc(NC(=CN)C(Cl)=NC2CCN(C3COC3)CC2F)nc2[nH]ccc12. The van der Waals surface area contributed by atoms with E-state index in [1.165, 1.54) is 6.20 Å². The van der Waals surface area contributed by atoms with E-state index in [0.717, 1.165) is 11.9 Å². The molecule has 2 unspecified atom stereocenters. The molecule has 0 aromatic carbocycles. The van der Waals surface area contributed by atoms with Crippen molar-refractivity contribution in [2.24, 2.45) is 10.7 Å². The maximum absolute atomic E-state index is 14.7. The maximum atomic E-state index is 14.7. The molecule has 162 valence electrons. The van der Waals surface area contributed by atoms with Gasteiger partial charge in [0.15, 0.2) is 0 Å². The molecule has 2 aliphatic heterocycles. The molecule has 4 heterocycles.